The van der Waals surface area contributed by atoms with E-state index >= 15 is 0 Å². The summed E-state index contributed by atoms with van der Waals surface area (Å²) < 4.78 is 5.68. The number of aryl methyl sites for hydroxylation is 2. The van der Waals surface area contributed by atoms with Crippen LogP contribution in [0.2, 0.25) is 0 Å². The molecule has 1 saturated carbocycles. The summed E-state index contributed by atoms with van der Waals surface area (Å²) in [6.45, 7) is 7.60. The summed E-state index contributed by atoms with van der Waals surface area (Å²) in [5, 5.41) is 3.17. The number of carbonyl (C=O) groups is 1. The van der Waals surface area contributed by atoms with Gasteiger partial charge in [0.25, 0.3) is 0 Å². The number of hydrogen-bond acceptors (Lipinski definition) is 5. The molecule has 1 aliphatic heterocycles. The zero-order valence-electron chi connectivity index (χ0n) is 16.4. The molecule has 1 aromatic heterocycles. The van der Waals surface area contributed by atoms with Crippen LogP contribution in [0.3, 0.4) is 0 Å². The van der Waals surface area contributed by atoms with Crippen LogP contribution in [0.4, 0.5) is 0 Å². The SMILES string of the molecule is Cc1nc(CN2CCC(CNC(=O)C3CCCC(N)C3)CC2)oc1C.Cl.Cl. The van der Waals surface area contributed by atoms with Crippen molar-refractivity contribution in [3.05, 3.63) is 17.3 Å². The summed E-state index contributed by atoms with van der Waals surface area (Å²) in [5.74, 6) is 2.64. The number of piperidine rings is 1. The van der Waals surface area contributed by atoms with Crippen LogP contribution >= 0.6 is 24.8 Å². The normalized spacial score (nSPS) is 24.0. The molecular formula is C19H34Cl2N4O2. The van der Waals surface area contributed by atoms with Gasteiger partial charge in [-0.05, 0) is 65.0 Å². The maximum absolute atomic E-state index is 12.3. The molecule has 3 rings (SSSR count). The van der Waals surface area contributed by atoms with Gasteiger partial charge < -0.3 is 15.5 Å². The van der Waals surface area contributed by atoms with E-state index in [-0.39, 0.29) is 42.7 Å². The van der Waals surface area contributed by atoms with E-state index in [0.717, 1.165) is 82.0 Å². The first kappa shape index (κ1) is 24.2. The maximum Gasteiger partial charge on any atom is 0.223 e. The van der Waals surface area contributed by atoms with Crippen LogP contribution in [0.5, 0.6) is 0 Å². The van der Waals surface area contributed by atoms with Crippen LogP contribution in [0, 0.1) is 25.7 Å². The zero-order chi connectivity index (χ0) is 17.8. The molecule has 27 heavy (non-hydrogen) atoms. The Labute approximate surface area is 174 Å². The van der Waals surface area contributed by atoms with Crippen molar-refractivity contribution in [1.82, 2.24) is 15.2 Å². The number of oxazole rings is 1. The molecule has 0 bridgehead atoms. The smallest absolute Gasteiger partial charge is 0.223 e. The van der Waals surface area contributed by atoms with Crippen LogP contribution in [-0.2, 0) is 11.3 Å². The van der Waals surface area contributed by atoms with Gasteiger partial charge in [0.15, 0.2) is 0 Å². The van der Waals surface area contributed by atoms with Crippen LogP contribution in [0.15, 0.2) is 4.42 Å². The van der Waals surface area contributed by atoms with Crippen molar-refractivity contribution in [3.8, 4) is 0 Å². The molecule has 2 unspecified atom stereocenters. The van der Waals surface area contributed by atoms with Gasteiger partial charge in [-0.3, -0.25) is 9.69 Å². The lowest BCUT2D eigenvalue weighted by Gasteiger charge is -2.32. The number of likely N-dealkylation sites (tertiary alicyclic amines) is 1. The fraction of sp³-hybridized carbons (Fsp3) is 0.789. The Morgan fingerprint density at radius 3 is 2.52 bits per heavy atom. The number of nitrogens with one attached hydrogen (secondary N) is 1. The second-order valence-corrected chi connectivity index (χ2v) is 7.84. The Hall–Kier alpha value is -0.820. The first-order valence-corrected chi connectivity index (χ1v) is 9.70. The first-order valence-electron chi connectivity index (χ1n) is 9.70. The summed E-state index contributed by atoms with van der Waals surface area (Å²) in [7, 11) is 0. The average molecular weight is 421 g/mol. The molecule has 1 aromatic rings. The highest BCUT2D eigenvalue weighted by Crippen LogP contribution is 2.24. The average Bonchev–Trinajstić information content (AvgIpc) is 2.91. The molecule has 6 nitrogen and oxygen atoms in total. The lowest BCUT2D eigenvalue weighted by molar-refractivity contribution is -0.126. The van der Waals surface area contributed by atoms with Gasteiger partial charge in [-0.1, -0.05) is 6.42 Å². The number of amides is 1. The zero-order valence-corrected chi connectivity index (χ0v) is 18.0. The highest BCUT2D eigenvalue weighted by molar-refractivity contribution is 5.85. The van der Waals surface area contributed by atoms with Crippen LogP contribution in [-0.4, -0.2) is 41.5 Å². The molecule has 2 heterocycles. The van der Waals surface area contributed by atoms with Crippen molar-refractivity contribution in [2.45, 2.75) is 65.0 Å². The van der Waals surface area contributed by atoms with E-state index in [1.165, 1.54) is 0 Å². The minimum absolute atomic E-state index is 0. The molecule has 3 N–H and O–H groups in total. The summed E-state index contributed by atoms with van der Waals surface area (Å²) >= 11 is 0. The molecule has 8 heteroatoms. The number of aromatic nitrogens is 1. The predicted octanol–water partition coefficient (Wildman–Crippen LogP) is 2.98. The lowest BCUT2D eigenvalue weighted by Crippen LogP contribution is -2.42. The Bertz CT molecular complexity index is 569. The quantitative estimate of drug-likeness (QED) is 0.764. The van der Waals surface area contributed by atoms with Crippen molar-refractivity contribution in [1.29, 1.82) is 0 Å². The van der Waals surface area contributed by atoms with Crippen molar-refractivity contribution >= 4 is 30.7 Å². The fourth-order valence-corrected chi connectivity index (χ4v) is 4.00. The van der Waals surface area contributed by atoms with Gasteiger partial charge in [-0.15, -0.1) is 24.8 Å². The van der Waals surface area contributed by atoms with Crippen molar-refractivity contribution in [2.75, 3.05) is 19.6 Å². The number of rotatable bonds is 5. The molecule has 156 valence electrons. The van der Waals surface area contributed by atoms with Gasteiger partial charge in [-0.25, -0.2) is 4.98 Å². The van der Waals surface area contributed by atoms with Crippen molar-refractivity contribution in [3.63, 3.8) is 0 Å². The third kappa shape index (κ3) is 6.93. The molecule has 2 atom stereocenters. The van der Waals surface area contributed by atoms with E-state index < -0.39 is 0 Å². The van der Waals surface area contributed by atoms with E-state index in [1.807, 2.05) is 13.8 Å². The van der Waals surface area contributed by atoms with Gasteiger partial charge in [0.2, 0.25) is 11.8 Å². The Morgan fingerprint density at radius 2 is 1.93 bits per heavy atom. The third-order valence-electron chi connectivity index (χ3n) is 5.79. The number of carbonyl (C=O) groups excluding carboxylic acids is 1. The Balaban J connectivity index is 0.00000182. The van der Waals surface area contributed by atoms with Gasteiger partial charge >= 0.3 is 0 Å². The van der Waals surface area contributed by atoms with E-state index in [4.69, 9.17) is 10.2 Å². The number of nitrogens with two attached hydrogens (primary N) is 1. The second-order valence-electron chi connectivity index (χ2n) is 7.84. The van der Waals surface area contributed by atoms with Gasteiger partial charge in [0.05, 0.1) is 12.2 Å². The summed E-state index contributed by atoms with van der Waals surface area (Å²) in [6.07, 6.45) is 6.21. The summed E-state index contributed by atoms with van der Waals surface area (Å²) in [5.41, 5.74) is 6.97. The molecule has 0 radical (unpaired) electrons. The van der Waals surface area contributed by atoms with Crippen molar-refractivity contribution < 1.29 is 9.21 Å². The number of nitrogens with zero attached hydrogens (tertiary/aromatic N) is 2. The van der Waals surface area contributed by atoms with E-state index in [2.05, 4.69) is 15.2 Å². The molecule has 2 aliphatic rings. The first-order chi connectivity index (χ1) is 12.0. The molecule has 0 spiro atoms. The highest BCUT2D eigenvalue weighted by Gasteiger charge is 2.26. The van der Waals surface area contributed by atoms with Crippen molar-refractivity contribution in [2.24, 2.45) is 17.6 Å². The molecule has 2 fully saturated rings. The maximum atomic E-state index is 12.3. The van der Waals surface area contributed by atoms with Crippen LogP contribution in [0.25, 0.3) is 0 Å². The summed E-state index contributed by atoms with van der Waals surface area (Å²) in [6, 6.07) is 0.204. The molecule has 1 aliphatic carbocycles. The highest BCUT2D eigenvalue weighted by atomic mass is 35.5. The van der Waals surface area contributed by atoms with Crippen LogP contribution < -0.4 is 11.1 Å². The lowest BCUT2D eigenvalue weighted by atomic mass is 9.85. The second kappa shape index (κ2) is 11.2. The Morgan fingerprint density at radius 1 is 1.22 bits per heavy atom. The van der Waals surface area contributed by atoms with Gasteiger partial charge in [0, 0.05) is 18.5 Å². The molecule has 1 saturated heterocycles. The van der Waals surface area contributed by atoms with Gasteiger partial charge in [0.1, 0.15) is 5.76 Å². The van der Waals surface area contributed by atoms with E-state index in [0.29, 0.717) is 5.92 Å². The predicted molar refractivity (Wildman–Crippen MR) is 111 cm³/mol. The minimum Gasteiger partial charge on any atom is -0.444 e. The standard InChI is InChI=1S/C19H32N4O2.2ClH/c1-13-14(2)25-18(22-13)12-23-8-6-15(7-9-23)11-21-19(24)16-4-3-5-17(20)10-16;;/h15-17H,3-12,20H2,1-2H3,(H,21,24);2*1H. The molecular weight excluding hydrogens is 387 g/mol. The van der Waals surface area contributed by atoms with Crippen LogP contribution in [0.1, 0.15) is 55.9 Å². The molecule has 0 aromatic carbocycles. The fourth-order valence-electron chi connectivity index (χ4n) is 4.00. The Kier molecular flexibility index (Phi) is 10.1. The van der Waals surface area contributed by atoms with E-state index in [1.54, 1.807) is 0 Å². The van der Waals surface area contributed by atoms with Gasteiger partial charge in [-0.2, -0.15) is 0 Å². The molecule has 1 amide bonds. The number of halogens is 2. The largest absolute Gasteiger partial charge is 0.444 e. The third-order valence-corrected chi connectivity index (χ3v) is 5.79. The topological polar surface area (TPSA) is 84.4 Å². The summed E-state index contributed by atoms with van der Waals surface area (Å²) in [4.78, 5) is 19.2. The van der Waals surface area contributed by atoms with E-state index in [9.17, 15) is 4.79 Å². The monoisotopic (exact) mass is 420 g/mol. The minimum atomic E-state index is 0. The number of hydrogen-bond donors (Lipinski definition) is 2.